The smallest absolute Gasteiger partial charge is 0.384 e. The normalized spacial score (nSPS) is 17.4. The number of likely N-dealkylation sites (N-methyl/N-ethyl adjacent to an activating group) is 1. The second-order valence-corrected chi connectivity index (χ2v) is 9.04. The molecule has 2 amide bonds. The molecule has 1 heterocycles. The number of alkyl halides is 3. The van der Waals surface area contributed by atoms with Crippen molar-refractivity contribution < 1.29 is 27.6 Å². The number of oxime groups is 1. The number of hydrogen-bond donors (Lipinski definition) is 2. The molecule has 10 heteroatoms. The highest BCUT2D eigenvalue weighted by molar-refractivity contribution is 6.30. The van der Waals surface area contributed by atoms with E-state index < -0.39 is 23.2 Å². The average Bonchev–Trinajstić information content (AvgIpc) is 3.24. The lowest BCUT2D eigenvalue weighted by Gasteiger charge is -2.23. The zero-order chi connectivity index (χ0) is 26.1. The van der Waals surface area contributed by atoms with Crippen LogP contribution in [0.3, 0.4) is 0 Å². The van der Waals surface area contributed by atoms with Gasteiger partial charge in [-0.1, -0.05) is 47.1 Å². The van der Waals surface area contributed by atoms with E-state index in [0.29, 0.717) is 28.8 Å². The molecule has 188 valence electrons. The number of nitrogens with zero attached hydrogens (tertiary/aromatic N) is 1. The van der Waals surface area contributed by atoms with Crippen LogP contribution in [0, 0.1) is 0 Å². The molecule has 0 aromatic heterocycles. The summed E-state index contributed by atoms with van der Waals surface area (Å²) in [6.07, 6.45) is -4.36. The molecule has 4 rings (SSSR count). The Morgan fingerprint density at radius 1 is 1.08 bits per heavy atom. The number of nitrogens with one attached hydrogen (secondary N) is 2. The Hall–Kier alpha value is -3.59. The minimum Gasteiger partial charge on any atom is -0.384 e. The molecule has 3 aromatic carbocycles. The van der Waals surface area contributed by atoms with Gasteiger partial charge in [-0.15, -0.1) is 0 Å². The molecular weight excluding hydrogens is 495 g/mol. The standard InChI is InChI=1S/C26H23ClF3N3O3/c1-3-31-23(34)14-32-24(35)21-9-8-20(18-6-4-5-7-19(18)21)22-13-25(2,36-33-22)15-10-16(26(28,29)30)12-17(27)11-15/h4-12H,3,13-14H2,1-2H3,(H,31,34)(H,32,35). The fraction of sp³-hybridized carbons (Fsp3) is 0.269. The van der Waals surface area contributed by atoms with E-state index in [1.54, 1.807) is 38.1 Å². The molecular formula is C26H23ClF3N3O3. The number of fused-ring (bicyclic) bond motifs is 1. The summed E-state index contributed by atoms with van der Waals surface area (Å²) in [4.78, 5) is 30.2. The summed E-state index contributed by atoms with van der Waals surface area (Å²) in [5, 5.41) is 10.7. The largest absolute Gasteiger partial charge is 0.416 e. The van der Waals surface area contributed by atoms with Gasteiger partial charge in [0.15, 0.2) is 5.60 Å². The Labute approximate surface area is 210 Å². The first-order chi connectivity index (χ1) is 17.0. The third-order valence-electron chi connectivity index (χ3n) is 5.96. The summed E-state index contributed by atoms with van der Waals surface area (Å²) >= 11 is 5.98. The maximum Gasteiger partial charge on any atom is 0.416 e. The van der Waals surface area contributed by atoms with Gasteiger partial charge >= 0.3 is 6.18 Å². The van der Waals surface area contributed by atoms with E-state index in [9.17, 15) is 22.8 Å². The van der Waals surface area contributed by atoms with Crippen molar-refractivity contribution >= 4 is 39.9 Å². The molecule has 0 saturated heterocycles. The number of hydrogen-bond acceptors (Lipinski definition) is 4. The van der Waals surface area contributed by atoms with Crippen LogP contribution in [0.4, 0.5) is 13.2 Å². The first kappa shape index (κ1) is 25.5. The van der Waals surface area contributed by atoms with Crippen LogP contribution in [0.25, 0.3) is 10.8 Å². The van der Waals surface area contributed by atoms with Crippen LogP contribution in [-0.2, 0) is 21.4 Å². The summed E-state index contributed by atoms with van der Waals surface area (Å²) in [7, 11) is 0. The Kier molecular flexibility index (Phi) is 6.95. The minimum absolute atomic E-state index is 0.0495. The van der Waals surface area contributed by atoms with Crippen LogP contribution in [0.1, 0.15) is 47.3 Å². The molecule has 1 aliphatic heterocycles. The zero-order valence-corrected chi connectivity index (χ0v) is 20.3. The first-order valence-electron chi connectivity index (χ1n) is 11.2. The van der Waals surface area contributed by atoms with Gasteiger partial charge in [-0.25, -0.2) is 0 Å². The van der Waals surface area contributed by atoms with E-state index in [1.165, 1.54) is 6.07 Å². The van der Waals surface area contributed by atoms with Crippen molar-refractivity contribution in [2.45, 2.75) is 32.0 Å². The number of halogens is 4. The van der Waals surface area contributed by atoms with Crippen LogP contribution >= 0.6 is 11.6 Å². The van der Waals surface area contributed by atoms with Crippen LogP contribution in [0.15, 0.2) is 59.8 Å². The topological polar surface area (TPSA) is 79.8 Å². The SMILES string of the molecule is CCNC(=O)CNC(=O)c1ccc(C2=NOC(C)(c3cc(Cl)cc(C(F)(F)F)c3)C2)c2ccccc12. The molecule has 36 heavy (non-hydrogen) atoms. The van der Waals surface area contributed by atoms with Crippen molar-refractivity contribution in [3.05, 3.63) is 81.9 Å². The highest BCUT2D eigenvalue weighted by Crippen LogP contribution is 2.41. The van der Waals surface area contributed by atoms with Crippen molar-refractivity contribution in [3.63, 3.8) is 0 Å². The lowest BCUT2D eigenvalue weighted by molar-refractivity contribution is -0.137. The molecule has 0 bridgehead atoms. The molecule has 1 unspecified atom stereocenters. The number of carbonyl (C=O) groups excluding carboxylic acids is 2. The Morgan fingerprint density at radius 2 is 1.81 bits per heavy atom. The summed E-state index contributed by atoms with van der Waals surface area (Å²) in [6, 6.07) is 13.9. The second kappa shape index (κ2) is 9.81. The Bertz CT molecular complexity index is 1370. The average molecular weight is 518 g/mol. The van der Waals surface area contributed by atoms with Crippen LogP contribution < -0.4 is 10.6 Å². The van der Waals surface area contributed by atoms with E-state index in [0.717, 1.165) is 17.5 Å². The zero-order valence-electron chi connectivity index (χ0n) is 19.5. The second-order valence-electron chi connectivity index (χ2n) is 8.61. The van der Waals surface area contributed by atoms with Crippen molar-refractivity contribution in [1.29, 1.82) is 0 Å². The van der Waals surface area contributed by atoms with E-state index >= 15 is 0 Å². The van der Waals surface area contributed by atoms with Gasteiger partial charge in [0.1, 0.15) is 0 Å². The van der Waals surface area contributed by atoms with E-state index in [4.69, 9.17) is 16.4 Å². The maximum atomic E-state index is 13.3. The quantitative estimate of drug-likeness (QED) is 0.458. The lowest BCUT2D eigenvalue weighted by atomic mass is 9.86. The molecule has 1 atom stereocenters. The van der Waals surface area contributed by atoms with Gasteiger partial charge in [-0.3, -0.25) is 9.59 Å². The molecule has 0 fully saturated rings. The number of carbonyl (C=O) groups is 2. The molecule has 0 saturated carbocycles. The third kappa shape index (κ3) is 5.16. The van der Waals surface area contributed by atoms with E-state index in [2.05, 4.69) is 15.8 Å². The molecule has 0 radical (unpaired) electrons. The summed E-state index contributed by atoms with van der Waals surface area (Å²) in [5.74, 6) is -0.699. The van der Waals surface area contributed by atoms with E-state index in [1.807, 2.05) is 12.1 Å². The van der Waals surface area contributed by atoms with Gasteiger partial charge in [-0.2, -0.15) is 13.2 Å². The third-order valence-corrected chi connectivity index (χ3v) is 6.18. The van der Waals surface area contributed by atoms with E-state index in [-0.39, 0.29) is 29.5 Å². The molecule has 2 N–H and O–H groups in total. The van der Waals surface area contributed by atoms with Gasteiger partial charge in [0.25, 0.3) is 5.91 Å². The number of rotatable bonds is 6. The predicted octanol–water partition coefficient (Wildman–Crippen LogP) is 5.42. The van der Waals surface area contributed by atoms with Gasteiger partial charge in [0.2, 0.25) is 5.91 Å². The van der Waals surface area contributed by atoms with Crippen molar-refractivity contribution in [1.82, 2.24) is 10.6 Å². The molecule has 0 spiro atoms. The predicted molar refractivity (Wildman–Crippen MR) is 131 cm³/mol. The highest BCUT2D eigenvalue weighted by atomic mass is 35.5. The summed E-state index contributed by atoms with van der Waals surface area (Å²) < 4.78 is 40.0. The summed E-state index contributed by atoms with van der Waals surface area (Å²) in [6.45, 7) is 3.75. The Balaban J connectivity index is 1.64. The molecule has 0 aliphatic carbocycles. The van der Waals surface area contributed by atoms with Gasteiger partial charge in [0.05, 0.1) is 17.8 Å². The minimum atomic E-state index is -4.55. The lowest BCUT2D eigenvalue weighted by Crippen LogP contribution is -2.36. The molecule has 1 aliphatic rings. The monoisotopic (exact) mass is 517 g/mol. The Morgan fingerprint density at radius 3 is 2.50 bits per heavy atom. The number of benzene rings is 3. The fourth-order valence-electron chi connectivity index (χ4n) is 4.16. The molecule has 3 aromatic rings. The van der Waals surface area contributed by atoms with Crippen molar-refractivity contribution in [2.75, 3.05) is 13.1 Å². The van der Waals surface area contributed by atoms with Gasteiger partial charge in [0, 0.05) is 34.7 Å². The summed E-state index contributed by atoms with van der Waals surface area (Å²) in [5.41, 5.74) is -0.178. The van der Waals surface area contributed by atoms with Gasteiger partial charge < -0.3 is 15.5 Å². The van der Waals surface area contributed by atoms with Crippen LogP contribution in [-0.4, -0.2) is 30.6 Å². The maximum absolute atomic E-state index is 13.3. The van der Waals surface area contributed by atoms with Crippen LogP contribution in [0.5, 0.6) is 0 Å². The van der Waals surface area contributed by atoms with Crippen molar-refractivity contribution in [3.8, 4) is 0 Å². The fourth-order valence-corrected chi connectivity index (χ4v) is 4.40. The first-order valence-corrected chi connectivity index (χ1v) is 11.6. The van der Waals surface area contributed by atoms with Crippen molar-refractivity contribution in [2.24, 2.45) is 5.16 Å². The molecule has 6 nitrogen and oxygen atoms in total. The highest BCUT2D eigenvalue weighted by Gasteiger charge is 2.40. The van der Waals surface area contributed by atoms with Gasteiger partial charge in [-0.05, 0) is 48.9 Å². The van der Waals surface area contributed by atoms with Crippen LogP contribution in [0.2, 0.25) is 5.02 Å². The number of amides is 2.